The van der Waals surface area contributed by atoms with Crippen LogP contribution in [-0.2, 0) is 36.2 Å². The number of thiazole rings is 1. The van der Waals surface area contributed by atoms with E-state index in [1.54, 1.807) is 172 Å². The minimum atomic E-state index is -2.55. The zero-order valence-electron chi connectivity index (χ0n) is 79.1. The van der Waals surface area contributed by atoms with Gasteiger partial charge in [-0.25, -0.2) is 62.5 Å². The van der Waals surface area contributed by atoms with Gasteiger partial charge in [-0.05, 0) is 161 Å². The van der Waals surface area contributed by atoms with Crippen LogP contribution in [0.3, 0.4) is 0 Å². The molecule has 41 heteroatoms. The van der Waals surface area contributed by atoms with E-state index in [0.717, 1.165) is 26.7 Å². The van der Waals surface area contributed by atoms with Crippen molar-refractivity contribution in [2.75, 3.05) is 50.1 Å². The maximum Gasteiger partial charge on any atom is 0.274 e. The number of nitrogen functional groups attached to an aromatic ring is 3. The number of rotatable bonds is 21. The molecule has 0 fully saturated rings. The van der Waals surface area contributed by atoms with Gasteiger partial charge in [0.2, 0.25) is 0 Å². The Bertz CT molecular complexity index is 8950. The standard InChI is InChI=1S/C35H32N10O3S.C35H29N9O3S.C34H29N9O3S2/c1-21(40-34(46)31-32(36)38-20-29(41-31)25-16-26(19-37-17-25)43-49(4,5)48)33-42-28-13-9-10-23(14-15-24-18-39-44(3)22(24)2)30(28)35(47)45(33)27-11-7-6-8-12-27;1-22(40-34(45)31-32(36)39-21-29(41-31)25-18-26(20-38-19-25)43-48(2,3)47)33-42-28-11-7-8-24(13-12-23-14-16-37-17-15-23)30(28)35(46)44(33)27-9-5-4-6-10-27;1-20(39-33(44)30-31(35)38-19-28(40-30)23-15-24(17-36-16-23)42-48(3,4)46)32-41-27-12-8-9-22(13-14-26-18-37-21(2)47-26)29(27)34(45)43(32)25-10-6-5-7-11-25/h6-13,16-21H,4H2,1-3,5H3,(H2,36,38)(H,40,46)(H,43,48);4-11,14-22H,2H2,1,3H3,(H2,36,39)(H,40,45)(H,43,47);5-12,15-20H,3H2,1-2,4H3,(H2,35,38)(H,39,44)(H,42,46)/t21-,49?;22-,48?;20-,48?/m000/s1. The second kappa shape index (κ2) is 42.6. The average molecular weight is 2000 g/mol. The van der Waals surface area contributed by atoms with Gasteiger partial charge in [0.15, 0.2) is 34.5 Å². The molecule has 12 heterocycles. The third-order valence-corrected chi connectivity index (χ3v) is 24.5. The number of pyridine rings is 4. The average Bonchev–Trinajstić information content (AvgIpc) is 0.806. The molecule has 0 saturated carbocycles. The fourth-order valence-electron chi connectivity index (χ4n) is 15.0. The van der Waals surface area contributed by atoms with E-state index >= 15 is 0 Å². The van der Waals surface area contributed by atoms with E-state index in [-0.39, 0.29) is 68.7 Å². The summed E-state index contributed by atoms with van der Waals surface area (Å²) in [5.41, 5.74) is 27.7. The van der Waals surface area contributed by atoms with Crippen molar-refractivity contribution in [2.24, 2.45) is 7.05 Å². The van der Waals surface area contributed by atoms with Crippen molar-refractivity contribution >= 4 is 143 Å². The van der Waals surface area contributed by atoms with Crippen LogP contribution < -0.4 is 64.0 Å². The number of hydrogen-bond donors (Lipinski definition) is 9. The van der Waals surface area contributed by atoms with Crippen LogP contribution >= 0.6 is 11.3 Å². The molecule has 724 valence electrons. The molecule has 12 aromatic heterocycles. The van der Waals surface area contributed by atoms with Crippen molar-refractivity contribution in [3.63, 3.8) is 0 Å². The molecule has 18 aromatic rings. The number of para-hydroxylation sites is 3. The van der Waals surface area contributed by atoms with Gasteiger partial charge >= 0.3 is 0 Å². The Morgan fingerprint density at radius 3 is 1.03 bits per heavy atom. The van der Waals surface area contributed by atoms with Crippen LogP contribution in [0.15, 0.2) is 271 Å². The SMILES string of the molecule is C=S(C)(=O)Nc1cncc(-c2cnc(N)c(C(=O)N[C@@H](C)c3nc4cccc(C#Cc5ccncc5)c4c(=O)n3-c3ccccc3)n2)c1.C=S(C)(=O)Nc1cncc(-c2cnc(N)c(C(=O)N[C@@H](C)c3nc4cccc(C#Cc5cnc(C)s5)c4c(=O)n3-c3ccccc3)n2)c1.C=S(C)(=O)Nc1cncc(-c2cnc(N)c(C(=O)N[C@@H](C)c3nc4cccc(C#Cc5cnn(C)c5C)c4c(=O)n3-c3ccccc3)n2)c1. The van der Waals surface area contributed by atoms with E-state index < -0.39 is 65.0 Å². The molecule has 37 nitrogen and oxygen atoms in total. The van der Waals surface area contributed by atoms with Gasteiger partial charge in [0.1, 0.15) is 17.5 Å². The third-order valence-electron chi connectivity index (χ3n) is 21.7. The molecule has 0 aliphatic rings. The zero-order chi connectivity index (χ0) is 103. The first kappa shape index (κ1) is 99.4. The highest BCUT2D eigenvalue weighted by molar-refractivity contribution is 8.01. The Kier molecular flexibility index (Phi) is 29.2. The molecule has 3 unspecified atom stereocenters. The van der Waals surface area contributed by atoms with Gasteiger partial charge in [-0.15, -0.1) is 11.3 Å². The normalized spacial score (nSPS) is 12.8. The Morgan fingerprint density at radius 2 is 0.717 bits per heavy atom. The van der Waals surface area contributed by atoms with E-state index in [4.69, 9.17) is 32.2 Å². The summed E-state index contributed by atoms with van der Waals surface area (Å²) < 4.78 is 51.0. The smallest absolute Gasteiger partial charge is 0.274 e. The van der Waals surface area contributed by atoms with Crippen molar-refractivity contribution in [3.05, 3.63) is 365 Å². The zero-order valence-corrected chi connectivity index (χ0v) is 82.4. The van der Waals surface area contributed by atoms with Gasteiger partial charge in [0.25, 0.3) is 34.4 Å². The Balaban J connectivity index is 0.000000156. The second-order valence-corrected chi connectivity index (χ2v) is 41.1. The van der Waals surface area contributed by atoms with Crippen LogP contribution in [-0.4, -0.2) is 160 Å². The maximum absolute atomic E-state index is 14.3. The molecular weight excluding hydrogens is 1910 g/mol. The summed E-state index contributed by atoms with van der Waals surface area (Å²) in [6.07, 6.45) is 24.4. The summed E-state index contributed by atoms with van der Waals surface area (Å²) in [5.74, 6) is 28.2. The van der Waals surface area contributed by atoms with Crippen molar-refractivity contribution in [3.8, 4) is 86.4 Å². The first-order valence-corrected chi connectivity index (χ1v) is 51.3. The van der Waals surface area contributed by atoms with Crippen molar-refractivity contribution in [2.45, 2.75) is 52.7 Å². The molecule has 18 rings (SSSR count). The summed E-state index contributed by atoms with van der Waals surface area (Å²) in [6, 6.07) is 49.2. The Labute approximate surface area is 835 Å². The molecule has 0 bridgehead atoms. The highest BCUT2D eigenvalue weighted by Crippen LogP contribution is 2.31. The van der Waals surface area contributed by atoms with Gasteiger partial charge in [-0.1, -0.05) is 102 Å². The van der Waals surface area contributed by atoms with Gasteiger partial charge in [-0.2, -0.15) is 5.10 Å². The van der Waals surface area contributed by atoms with Crippen LogP contribution in [0.25, 0.3) is 83.5 Å². The predicted octanol–water partition coefficient (Wildman–Crippen LogP) is 11.4. The van der Waals surface area contributed by atoms with Gasteiger partial charge in [0.05, 0.1) is 173 Å². The number of aromatic nitrogens is 19. The molecule has 6 atom stereocenters. The lowest BCUT2D eigenvalue weighted by Gasteiger charge is -2.20. The van der Waals surface area contributed by atoms with Crippen LogP contribution in [0.2, 0.25) is 0 Å². The molecule has 3 amide bonds. The molecule has 12 N–H and O–H groups in total. The highest BCUT2D eigenvalue weighted by Gasteiger charge is 2.29. The van der Waals surface area contributed by atoms with E-state index in [2.05, 4.69) is 143 Å². The van der Waals surface area contributed by atoms with Crippen LogP contribution in [0.5, 0.6) is 0 Å². The van der Waals surface area contributed by atoms with Gasteiger partial charge in [-0.3, -0.25) is 67.1 Å². The molecule has 0 saturated heterocycles. The largest absolute Gasteiger partial charge is 0.382 e. The number of nitrogens with zero attached hydrogens (tertiary/aromatic N) is 19. The van der Waals surface area contributed by atoms with E-state index in [1.807, 2.05) is 75.5 Å². The first-order chi connectivity index (χ1) is 69.4. The minimum absolute atomic E-state index is 0.0914. The number of nitrogens with two attached hydrogens (primary N) is 3. The quantitative estimate of drug-likeness (QED) is 0.0238. The number of carbonyl (C=O) groups excluding carboxylic acids is 3. The van der Waals surface area contributed by atoms with E-state index in [1.165, 1.54) is 99.6 Å². The molecular formula is C104H90N28O9S4. The molecule has 0 aliphatic carbocycles. The lowest BCUT2D eigenvalue weighted by atomic mass is 10.1. The van der Waals surface area contributed by atoms with Crippen molar-refractivity contribution in [1.29, 1.82) is 0 Å². The molecule has 0 aliphatic heterocycles. The summed E-state index contributed by atoms with van der Waals surface area (Å²) >= 11 is 1.47. The minimum Gasteiger partial charge on any atom is -0.382 e. The first-order valence-electron chi connectivity index (χ1n) is 44.1. The summed E-state index contributed by atoms with van der Waals surface area (Å²) in [7, 11) is -5.82. The number of nitrogens with one attached hydrogen (secondary N) is 6. The van der Waals surface area contributed by atoms with Crippen LogP contribution in [0.1, 0.15) is 131 Å². The lowest BCUT2D eigenvalue weighted by molar-refractivity contribution is 0.0925. The molecule has 0 radical (unpaired) electrons. The topological polar surface area (TPSA) is 517 Å². The van der Waals surface area contributed by atoms with E-state index in [0.29, 0.717) is 117 Å². The van der Waals surface area contributed by atoms with Crippen molar-refractivity contribution < 1.29 is 27.0 Å². The number of aryl methyl sites for hydroxylation is 2. The number of hydrogen-bond acceptors (Lipinski definition) is 28. The van der Waals surface area contributed by atoms with E-state index in [9.17, 15) is 41.4 Å². The third kappa shape index (κ3) is 23.6. The number of benzene rings is 6. The Morgan fingerprint density at radius 1 is 0.386 bits per heavy atom. The molecule has 0 spiro atoms. The molecule has 6 aromatic carbocycles. The monoisotopic (exact) mass is 2000 g/mol. The second-order valence-electron chi connectivity index (χ2n) is 33.2. The summed E-state index contributed by atoms with van der Waals surface area (Å²) in [5, 5.41) is 14.8. The number of fused-ring (bicyclic) bond motifs is 3. The fourth-order valence-corrected chi connectivity index (χ4v) is 17.5. The van der Waals surface area contributed by atoms with Gasteiger partial charge in [0, 0.05) is 125 Å². The van der Waals surface area contributed by atoms with Crippen LogP contribution in [0, 0.1) is 49.4 Å². The van der Waals surface area contributed by atoms with Crippen molar-refractivity contribution in [1.82, 2.24) is 109 Å². The molecule has 145 heavy (non-hydrogen) atoms. The summed E-state index contributed by atoms with van der Waals surface area (Å²) in [4.78, 5) is 146. The van der Waals surface area contributed by atoms with Crippen LogP contribution in [0.4, 0.5) is 34.5 Å². The maximum atomic E-state index is 14.3. The summed E-state index contributed by atoms with van der Waals surface area (Å²) in [6.45, 7) is 8.97. The number of amides is 3. The predicted molar refractivity (Wildman–Crippen MR) is 570 cm³/mol. The number of anilines is 6. The lowest BCUT2D eigenvalue weighted by Crippen LogP contribution is -2.34. The van der Waals surface area contributed by atoms with Gasteiger partial charge < -0.3 is 47.3 Å². The highest BCUT2D eigenvalue weighted by atomic mass is 32.2. The Hall–Kier alpha value is -18.6. The number of carbonyl (C=O) groups is 3. The fraction of sp³-hybridized carbons (Fsp3) is 0.115.